The van der Waals surface area contributed by atoms with Crippen LogP contribution in [-0.2, 0) is 15.1 Å². The Bertz CT molecular complexity index is 566. The van der Waals surface area contributed by atoms with Gasteiger partial charge in [0.1, 0.15) is 0 Å². The molecule has 2 aromatic heterocycles. The predicted molar refractivity (Wildman–Crippen MR) is 67.9 cm³/mol. The molecule has 108 valence electrons. The molecule has 1 unspecified atom stereocenters. The Morgan fingerprint density at radius 2 is 2.20 bits per heavy atom. The fourth-order valence-corrected chi connectivity index (χ4v) is 2.41. The summed E-state index contributed by atoms with van der Waals surface area (Å²) in [5.74, 6) is 1.28. The van der Waals surface area contributed by atoms with Crippen LogP contribution in [0.2, 0.25) is 0 Å². The van der Waals surface area contributed by atoms with Crippen molar-refractivity contribution in [3.63, 3.8) is 0 Å². The topological polar surface area (TPSA) is 83.4 Å². The molecule has 1 aliphatic rings. The molecule has 3 rings (SSSR count). The van der Waals surface area contributed by atoms with Crippen molar-refractivity contribution in [1.29, 1.82) is 0 Å². The van der Waals surface area contributed by atoms with Crippen molar-refractivity contribution >= 4 is 0 Å². The smallest absolute Gasteiger partial charge is 0.296 e. The van der Waals surface area contributed by atoms with Crippen LogP contribution in [0.4, 0.5) is 0 Å². The lowest BCUT2D eigenvalue weighted by molar-refractivity contribution is -0.127. The van der Waals surface area contributed by atoms with Crippen LogP contribution in [0.15, 0.2) is 15.1 Å². The Hall–Kier alpha value is -1.73. The molecule has 1 fully saturated rings. The van der Waals surface area contributed by atoms with Crippen LogP contribution < -0.4 is 0 Å². The molecule has 0 amide bonds. The highest BCUT2D eigenvalue weighted by Gasteiger charge is 2.40. The third-order valence-corrected chi connectivity index (χ3v) is 3.40. The summed E-state index contributed by atoms with van der Waals surface area (Å²) >= 11 is 0. The largest absolute Gasteiger partial charge is 0.381 e. The Labute approximate surface area is 116 Å². The van der Waals surface area contributed by atoms with Crippen LogP contribution in [0.1, 0.15) is 30.8 Å². The average Bonchev–Trinajstić information content (AvgIpc) is 3.09. The van der Waals surface area contributed by atoms with Gasteiger partial charge in [-0.05, 0) is 26.2 Å². The van der Waals surface area contributed by atoms with Crippen LogP contribution in [0.5, 0.6) is 0 Å². The number of hydrogen-bond donors (Lipinski definition) is 0. The summed E-state index contributed by atoms with van der Waals surface area (Å²) in [6.45, 7) is 2.91. The molecule has 7 nitrogen and oxygen atoms in total. The van der Waals surface area contributed by atoms with Crippen LogP contribution in [0, 0.1) is 6.92 Å². The van der Waals surface area contributed by atoms with Crippen LogP contribution >= 0.6 is 0 Å². The van der Waals surface area contributed by atoms with E-state index in [4.69, 9.17) is 18.5 Å². The first kappa shape index (κ1) is 13.3. The maximum Gasteiger partial charge on any atom is 0.296 e. The second kappa shape index (κ2) is 5.34. The SMILES string of the molecule is COCC1(c2noc(-c3cc(C)no3)n2)CCCCO1. The average molecular weight is 279 g/mol. The summed E-state index contributed by atoms with van der Waals surface area (Å²) < 4.78 is 21.5. The van der Waals surface area contributed by atoms with Gasteiger partial charge in [-0.15, -0.1) is 0 Å². The zero-order valence-electron chi connectivity index (χ0n) is 11.6. The standard InChI is InChI=1S/C13H17N3O4/c1-9-7-10(19-15-9)11-14-12(16-20-11)13(8-17-2)5-3-4-6-18-13/h7H,3-6,8H2,1-2H3. The lowest BCUT2D eigenvalue weighted by Gasteiger charge is -2.33. The molecule has 20 heavy (non-hydrogen) atoms. The summed E-state index contributed by atoms with van der Waals surface area (Å²) in [6, 6.07) is 1.75. The summed E-state index contributed by atoms with van der Waals surface area (Å²) in [4.78, 5) is 4.39. The lowest BCUT2D eigenvalue weighted by Crippen LogP contribution is -2.39. The molecule has 3 heterocycles. The van der Waals surface area contributed by atoms with Gasteiger partial charge in [-0.1, -0.05) is 10.3 Å². The van der Waals surface area contributed by atoms with E-state index in [1.165, 1.54) is 0 Å². The van der Waals surface area contributed by atoms with E-state index in [2.05, 4.69) is 15.3 Å². The first-order valence-corrected chi connectivity index (χ1v) is 6.64. The maximum absolute atomic E-state index is 5.89. The Balaban J connectivity index is 1.90. The predicted octanol–water partition coefficient (Wildman–Crippen LogP) is 2.08. The van der Waals surface area contributed by atoms with E-state index in [9.17, 15) is 0 Å². The highest BCUT2D eigenvalue weighted by atomic mass is 16.5. The minimum atomic E-state index is -0.621. The molecule has 0 bridgehead atoms. The van der Waals surface area contributed by atoms with Gasteiger partial charge in [0.15, 0.2) is 5.60 Å². The summed E-state index contributed by atoms with van der Waals surface area (Å²) in [7, 11) is 1.64. The van der Waals surface area contributed by atoms with Crippen LogP contribution in [-0.4, -0.2) is 35.6 Å². The van der Waals surface area contributed by atoms with Crippen molar-refractivity contribution in [2.45, 2.75) is 31.8 Å². The van der Waals surface area contributed by atoms with Crippen molar-refractivity contribution in [3.8, 4) is 11.7 Å². The number of hydrogen-bond acceptors (Lipinski definition) is 7. The quantitative estimate of drug-likeness (QED) is 0.847. The minimum absolute atomic E-state index is 0.310. The van der Waals surface area contributed by atoms with Gasteiger partial charge in [-0.3, -0.25) is 0 Å². The molecule has 1 saturated heterocycles. The molecule has 7 heteroatoms. The van der Waals surface area contributed by atoms with Crippen molar-refractivity contribution in [2.75, 3.05) is 20.3 Å². The van der Waals surface area contributed by atoms with Gasteiger partial charge in [0.25, 0.3) is 5.89 Å². The Morgan fingerprint density at radius 3 is 2.85 bits per heavy atom. The van der Waals surface area contributed by atoms with E-state index in [1.54, 1.807) is 13.2 Å². The molecule has 1 atom stereocenters. The number of aromatic nitrogens is 3. The zero-order chi connectivity index (χ0) is 14.0. The van der Waals surface area contributed by atoms with Crippen molar-refractivity contribution in [1.82, 2.24) is 15.3 Å². The second-order valence-corrected chi connectivity index (χ2v) is 4.99. The van der Waals surface area contributed by atoms with Gasteiger partial charge in [0.05, 0.1) is 12.3 Å². The van der Waals surface area contributed by atoms with E-state index in [1.807, 2.05) is 6.92 Å². The monoisotopic (exact) mass is 279 g/mol. The van der Waals surface area contributed by atoms with E-state index in [0.717, 1.165) is 25.0 Å². The molecule has 0 saturated carbocycles. The zero-order valence-corrected chi connectivity index (χ0v) is 11.6. The van der Waals surface area contributed by atoms with Gasteiger partial charge in [-0.25, -0.2) is 0 Å². The summed E-state index contributed by atoms with van der Waals surface area (Å²) in [6.07, 6.45) is 2.90. The lowest BCUT2D eigenvalue weighted by atomic mass is 9.94. The van der Waals surface area contributed by atoms with E-state index in [-0.39, 0.29) is 0 Å². The van der Waals surface area contributed by atoms with Gasteiger partial charge in [0.2, 0.25) is 11.6 Å². The Kier molecular flexibility index (Phi) is 3.54. The number of aryl methyl sites for hydroxylation is 1. The van der Waals surface area contributed by atoms with Crippen molar-refractivity contribution in [3.05, 3.63) is 17.6 Å². The molecular weight excluding hydrogens is 262 g/mol. The number of methoxy groups -OCH3 is 1. The molecule has 0 spiro atoms. The molecule has 0 radical (unpaired) electrons. The Morgan fingerprint density at radius 1 is 1.30 bits per heavy atom. The molecule has 1 aliphatic heterocycles. The summed E-state index contributed by atoms with van der Waals surface area (Å²) in [5, 5.41) is 7.85. The maximum atomic E-state index is 5.89. The van der Waals surface area contributed by atoms with Gasteiger partial charge in [-0.2, -0.15) is 4.98 Å². The molecule has 2 aromatic rings. The van der Waals surface area contributed by atoms with Gasteiger partial charge in [0, 0.05) is 19.8 Å². The normalized spacial score (nSPS) is 23.1. The summed E-state index contributed by atoms with van der Waals surface area (Å²) in [5.41, 5.74) is 0.143. The number of rotatable bonds is 4. The number of nitrogens with zero attached hydrogens (tertiary/aromatic N) is 3. The second-order valence-electron chi connectivity index (χ2n) is 4.99. The van der Waals surface area contributed by atoms with Gasteiger partial charge >= 0.3 is 0 Å². The van der Waals surface area contributed by atoms with E-state index >= 15 is 0 Å². The fraction of sp³-hybridized carbons (Fsp3) is 0.615. The molecule has 0 aliphatic carbocycles. The fourth-order valence-electron chi connectivity index (χ4n) is 2.41. The van der Waals surface area contributed by atoms with Crippen LogP contribution in [0.25, 0.3) is 11.7 Å². The van der Waals surface area contributed by atoms with Crippen molar-refractivity contribution in [2.24, 2.45) is 0 Å². The third kappa shape index (κ3) is 2.34. The minimum Gasteiger partial charge on any atom is -0.381 e. The molecular formula is C13H17N3O4. The van der Waals surface area contributed by atoms with Gasteiger partial charge < -0.3 is 18.5 Å². The first-order valence-electron chi connectivity index (χ1n) is 6.64. The first-order chi connectivity index (χ1) is 9.73. The van der Waals surface area contributed by atoms with Crippen molar-refractivity contribution < 1.29 is 18.5 Å². The van der Waals surface area contributed by atoms with E-state index in [0.29, 0.717) is 30.7 Å². The molecule has 0 N–H and O–H groups in total. The van der Waals surface area contributed by atoms with E-state index < -0.39 is 5.60 Å². The molecule has 0 aromatic carbocycles. The highest BCUT2D eigenvalue weighted by Crippen LogP contribution is 2.34. The number of ether oxygens (including phenoxy) is 2. The van der Waals surface area contributed by atoms with Crippen LogP contribution in [0.3, 0.4) is 0 Å². The third-order valence-electron chi connectivity index (χ3n) is 3.40. The highest BCUT2D eigenvalue weighted by molar-refractivity contribution is 5.43.